The summed E-state index contributed by atoms with van der Waals surface area (Å²) in [5, 5.41) is -0.130. The maximum Gasteiger partial charge on any atom is 0.305 e. The zero-order valence-electron chi connectivity index (χ0n) is 15.4. The summed E-state index contributed by atoms with van der Waals surface area (Å²) in [7, 11) is -0.899. The second-order valence-electron chi connectivity index (χ2n) is 7.29. The lowest BCUT2D eigenvalue weighted by Gasteiger charge is -2.35. The number of esters is 1. The van der Waals surface area contributed by atoms with Gasteiger partial charge in [-0.3, -0.25) is 4.79 Å². The van der Waals surface area contributed by atoms with E-state index in [1.807, 2.05) is 19.2 Å². The SMILES string of the molecule is COC(=O)CC/C=C(/CCC(C)(C)[Si](C)(C)O)c1ccc(F)cc1. The summed E-state index contributed by atoms with van der Waals surface area (Å²) >= 11 is 0. The Morgan fingerprint density at radius 3 is 2.33 bits per heavy atom. The van der Waals surface area contributed by atoms with Gasteiger partial charge in [0, 0.05) is 6.42 Å². The standard InChI is InChI=1S/C19H29FO3Si/c1-19(2,24(4,5)22)14-13-15(7-6-8-18(21)23-3)16-9-11-17(20)12-10-16/h7,9-12,22H,6,8,13-14H2,1-5H3/b15-7-. The van der Waals surface area contributed by atoms with Crippen LogP contribution in [0.2, 0.25) is 18.1 Å². The van der Waals surface area contributed by atoms with E-state index in [1.165, 1.54) is 19.2 Å². The highest BCUT2D eigenvalue weighted by molar-refractivity contribution is 6.72. The number of halogens is 1. The molecule has 0 heterocycles. The van der Waals surface area contributed by atoms with Gasteiger partial charge in [0.25, 0.3) is 0 Å². The van der Waals surface area contributed by atoms with E-state index in [0.717, 1.165) is 24.0 Å². The molecule has 0 spiro atoms. The number of carbonyl (C=O) groups excluding carboxylic acids is 1. The van der Waals surface area contributed by atoms with Crippen molar-refractivity contribution in [1.82, 2.24) is 0 Å². The van der Waals surface area contributed by atoms with Gasteiger partial charge in [0.1, 0.15) is 5.82 Å². The van der Waals surface area contributed by atoms with Crippen molar-refractivity contribution in [2.45, 2.75) is 57.7 Å². The molecular formula is C19H29FO3Si. The summed E-state index contributed by atoms with van der Waals surface area (Å²) in [4.78, 5) is 21.7. The summed E-state index contributed by atoms with van der Waals surface area (Å²) in [6, 6.07) is 6.40. The number of methoxy groups -OCH3 is 1. The second-order valence-corrected chi connectivity index (χ2v) is 11.8. The van der Waals surface area contributed by atoms with Crippen LogP contribution in [0.1, 0.15) is 45.1 Å². The third kappa shape index (κ3) is 6.21. The average molecular weight is 353 g/mol. The van der Waals surface area contributed by atoms with Gasteiger partial charge in [-0.2, -0.15) is 0 Å². The van der Waals surface area contributed by atoms with Crippen molar-refractivity contribution >= 4 is 19.9 Å². The summed E-state index contributed by atoms with van der Waals surface area (Å²) in [6.45, 7) is 8.09. The van der Waals surface area contributed by atoms with E-state index in [0.29, 0.717) is 12.8 Å². The molecule has 1 rings (SSSR count). The van der Waals surface area contributed by atoms with Gasteiger partial charge in [0.05, 0.1) is 7.11 Å². The van der Waals surface area contributed by atoms with Crippen LogP contribution in [0.15, 0.2) is 30.3 Å². The van der Waals surface area contributed by atoms with Gasteiger partial charge in [-0.25, -0.2) is 4.39 Å². The fraction of sp³-hybridized carbons (Fsp3) is 0.526. The lowest BCUT2D eigenvalue weighted by Crippen LogP contribution is -2.38. The van der Waals surface area contributed by atoms with Crippen molar-refractivity contribution in [1.29, 1.82) is 0 Å². The first kappa shape index (κ1) is 20.6. The highest BCUT2D eigenvalue weighted by atomic mass is 28.4. The van der Waals surface area contributed by atoms with Gasteiger partial charge in [0.2, 0.25) is 0 Å². The molecule has 0 aliphatic rings. The van der Waals surface area contributed by atoms with Crippen LogP contribution in [0.4, 0.5) is 4.39 Å². The molecule has 1 aromatic rings. The largest absolute Gasteiger partial charge is 0.469 e. The molecule has 134 valence electrons. The first-order valence-corrected chi connectivity index (χ1v) is 11.3. The number of benzene rings is 1. The number of hydrogen-bond acceptors (Lipinski definition) is 3. The Morgan fingerprint density at radius 2 is 1.83 bits per heavy atom. The molecule has 0 unspecified atom stereocenters. The molecule has 1 aromatic carbocycles. The molecule has 0 radical (unpaired) electrons. The van der Waals surface area contributed by atoms with E-state index in [4.69, 9.17) is 0 Å². The maximum atomic E-state index is 13.2. The smallest absolute Gasteiger partial charge is 0.305 e. The molecule has 1 N–H and O–H groups in total. The van der Waals surface area contributed by atoms with Gasteiger partial charge in [-0.1, -0.05) is 32.1 Å². The van der Waals surface area contributed by atoms with Crippen LogP contribution in [-0.2, 0) is 9.53 Å². The topological polar surface area (TPSA) is 46.5 Å². The molecule has 0 atom stereocenters. The Morgan fingerprint density at radius 1 is 1.25 bits per heavy atom. The predicted molar refractivity (Wildman–Crippen MR) is 98.6 cm³/mol. The summed E-state index contributed by atoms with van der Waals surface area (Å²) in [5.74, 6) is -0.508. The zero-order valence-corrected chi connectivity index (χ0v) is 16.4. The number of carbonyl (C=O) groups is 1. The van der Waals surface area contributed by atoms with E-state index in [2.05, 4.69) is 18.6 Å². The Bertz CT molecular complexity index is 571. The van der Waals surface area contributed by atoms with Crippen molar-refractivity contribution < 1.29 is 18.7 Å². The van der Waals surface area contributed by atoms with Gasteiger partial charge in [0.15, 0.2) is 8.32 Å². The van der Waals surface area contributed by atoms with Gasteiger partial charge in [-0.15, -0.1) is 0 Å². The molecule has 0 amide bonds. The molecule has 0 aromatic heterocycles. The van der Waals surface area contributed by atoms with Crippen molar-refractivity contribution in [2.75, 3.05) is 7.11 Å². The van der Waals surface area contributed by atoms with Crippen LogP contribution >= 0.6 is 0 Å². The van der Waals surface area contributed by atoms with E-state index >= 15 is 0 Å². The minimum atomic E-state index is -2.28. The summed E-state index contributed by atoms with van der Waals surface area (Å²) < 4.78 is 17.8. The lowest BCUT2D eigenvalue weighted by atomic mass is 9.95. The van der Waals surface area contributed by atoms with Crippen molar-refractivity contribution in [3.05, 3.63) is 41.7 Å². The molecule has 0 aliphatic carbocycles. The molecule has 0 saturated carbocycles. The number of rotatable bonds is 8. The molecule has 5 heteroatoms. The lowest BCUT2D eigenvalue weighted by molar-refractivity contribution is -0.140. The van der Waals surface area contributed by atoms with Gasteiger partial charge in [-0.05, 0) is 60.7 Å². The number of ether oxygens (including phenoxy) is 1. The molecule has 0 saturated heterocycles. The predicted octanol–water partition coefficient (Wildman–Crippen LogP) is 4.92. The van der Waals surface area contributed by atoms with Crippen molar-refractivity contribution in [3.8, 4) is 0 Å². The first-order chi connectivity index (χ1) is 11.1. The third-order valence-corrected chi connectivity index (χ3v) is 8.42. The molecular weight excluding hydrogens is 323 g/mol. The van der Waals surface area contributed by atoms with Crippen molar-refractivity contribution in [3.63, 3.8) is 0 Å². The van der Waals surface area contributed by atoms with Crippen LogP contribution in [0.3, 0.4) is 0 Å². The normalized spacial score (nSPS) is 13.0. The third-order valence-electron chi connectivity index (χ3n) is 4.86. The number of allylic oxidation sites excluding steroid dienone is 2. The zero-order chi connectivity index (χ0) is 18.4. The van der Waals surface area contributed by atoms with Crippen LogP contribution < -0.4 is 0 Å². The number of hydrogen-bond donors (Lipinski definition) is 1. The quantitative estimate of drug-likeness (QED) is 0.533. The Hall–Kier alpha value is -1.46. The van der Waals surface area contributed by atoms with Crippen molar-refractivity contribution in [2.24, 2.45) is 0 Å². The van der Waals surface area contributed by atoms with E-state index in [9.17, 15) is 14.0 Å². The van der Waals surface area contributed by atoms with E-state index in [1.54, 1.807) is 12.1 Å². The fourth-order valence-electron chi connectivity index (χ4n) is 2.25. The van der Waals surface area contributed by atoms with Crippen LogP contribution in [0.5, 0.6) is 0 Å². The van der Waals surface area contributed by atoms with E-state index < -0.39 is 8.32 Å². The average Bonchev–Trinajstić information content (AvgIpc) is 2.50. The molecule has 0 fully saturated rings. The Balaban J connectivity index is 2.91. The van der Waals surface area contributed by atoms with Crippen LogP contribution in [0.25, 0.3) is 5.57 Å². The summed E-state index contributed by atoms with van der Waals surface area (Å²) in [6.07, 6.45) is 4.54. The second kappa shape index (κ2) is 8.58. The maximum absolute atomic E-state index is 13.2. The van der Waals surface area contributed by atoms with Gasteiger partial charge >= 0.3 is 5.97 Å². The molecule has 3 nitrogen and oxygen atoms in total. The highest BCUT2D eigenvalue weighted by Gasteiger charge is 2.37. The molecule has 0 bridgehead atoms. The Kier molecular flexibility index (Phi) is 7.36. The minimum absolute atomic E-state index is 0.130. The molecule has 24 heavy (non-hydrogen) atoms. The van der Waals surface area contributed by atoms with E-state index in [-0.39, 0.29) is 16.8 Å². The Labute approximate surface area is 145 Å². The summed E-state index contributed by atoms with van der Waals surface area (Å²) in [5.41, 5.74) is 2.03. The monoisotopic (exact) mass is 352 g/mol. The fourth-order valence-corrected chi connectivity index (χ4v) is 2.98. The minimum Gasteiger partial charge on any atom is -0.469 e. The van der Waals surface area contributed by atoms with Crippen LogP contribution in [0, 0.1) is 5.82 Å². The van der Waals surface area contributed by atoms with Gasteiger partial charge < -0.3 is 9.53 Å². The molecule has 0 aliphatic heterocycles. The first-order valence-electron chi connectivity index (χ1n) is 8.31. The van der Waals surface area contributed by atoms with Crippen LogP contribution in [-0.4, -0.2) is 26.2 Å². The highest BCUT2D eigenvalue weighted by Crippen LogP contribution is 2.41.